The predicted molar refractivity (Wildman–Crippen MR) is 57.5 cm³/mol. The van der Waals surface area contributed by atoms with Crippen LogP contribution in [0.25, 0.3) is 0 Å². The summed E-state index contributed by atoms with van der Waals surface area (Å²) in [6.07, 6.45) is 4.65. The number of hydrogen-bond acceptors (Lipinski definition) is 4. The van der Waals surface area contributed by atoms with Gasteiger partial charge in [-0.1, -0.05) is 0 Å². The van der Waals surface area contributed by atoms with Crippen molar-refractivity contribution in [2.45, 2.75) is 25.4 Å². The molecule has 0 radical (unpaired) electrons. The summed E-state index contributed by atoms with van der Waals surface area (Å²) in [6, 6.07) is 1.04. The van der Waals surface area contributed by atoms with Gasteiger partial charge in [0.25, 0.3) is 0 Å². The lowest BCUT2D eigenvalue weighted by Gasteiger charge is -2.42. The molecule has 1 N–H and O–H groups in total. The van der Waals surface area contributed by atoms with Gasteiger partial charge in [0.05, 0.1) is 17.4 Å². The molecule has 0 aromatic carbocycles. The first-order valence-corrected chi connectivity index (χ1v) is 5.62. The molecule has 0 aliphatic carbocycles. The van der Waals surface area contributed by atoms with Gasteiger partial charge in [-0.15, -0.1) is 0 Å². The molecule has 1 fully saturated rings. The molecule has 4 heteroatoms. The van der Waals surface area contributed by atoms with E-state index in [-0.39, 0.29) is 0 Å². The number of piperazine rings is 1. The minimum Gasteiger partial charge on any atom is -0.311 e. The average molecular weight is 204 g/mol. The first-order valence-electron chi connectivity index (χ1n) is 5.62. The zero-order valence-corrected chi connectivity index (χ0v) is 8.98. The molecule has 1 aromatic rings. The number of fused-ring (bicyclic) bond motifs is 3. The zero-order chi connectivity index (χ0) is 10.3. The number of hydrogen-bond donors (Lipinski definition) is 1. The second-order valence-corrected chi connectivity index (χ2v) is 4.46. The Labute approximate surface area is 89.7 Å². The molecule has 15 heavy (non-hydrogen) atoms. The van der Waals surface area contributed by atoms with Gasteiger partial charge in [-0.3, -0.25) is 14.9 Å². The molecule has 0 bridgehead atoms. The van der Waals surface area contributed by atoms with Gasteiger partial charge in [0.1, 0.15) is 0 Å². The van der Waals surface area contributed by atoms with Gasteiger partial charge in [0.2, 0.25) is 0 Å². The molecule has 2 aliphatic heterocycles. The SMILES string of the molecule is CC1CN2CCc3nccnc3C2CN1. The van der Waals surface area contributed by atoms with E-state index in [4.69, 9.17) is 0 Å². The lowest BCUT2D eigenvalue weighted by Crippen LogP contribution is -2.53. The molecule has 1 saturated heterocycles. The van der Waals surface area contributed by atoms with E-state index >= 15 is 0 Å². The summed E-state index contributed by atoms with van der Waals surface area (Å²) >= 11 is 0. The van der Waals surface area contributed by atoms with Crippen molar-refractivity contribution in [2.24, 2.45) is 0 Å². The van der Waals surface area contributed by atoms with E-state index in [1.54, 1.807) is 12.4 Å². The van der Waals surface area contributed by atoms with Crippen molar-refractivity contribution in [3.05, 3.63) is 23.8 Å². The van der Waals surface area contributed by atoms with Crippen LogP contribution in [0.1, 0.15) is 24.4 Å². The fourth-order valence-corrected chi connectivity index (χ4v) is 2.60. The van der Waals surface area contributed by atoms with Gasteiger partial charge in [-0.25, -0.2) is 0 Å². The Balaban J connectivity index is 1.93. The highest BCUT2D eigenvalue weighted by atomic mass is 15.2. The Morgan fingerprint density at radius 2 is 2.27 bits per heavy atom. The van der Waals surface area contributed by atoms with Crippen LogP contribution in [0.2, 0.25) is 0 Å². The summed E-state index contributed by atoms with van der Waals surface area (Å²) in [5.74, 6) is 0. The van der Waals surface area contributed by atoms with E-state index in [2.05, 4.69) is 27.1 Å². The second-order valence-electron chi connectivity index (χ2n) is 4.46. The quantitative estimate of drug-likeness (QED) is 0.663. The topological polar surface area (TPSA) is 41.1 Å². The average Bonchev–Trinajstić information content (AvgIpc) is 2.28. The predicted octanol–water partition coefficient (Wildman–Crippen LogP) is 0.367. The zero-order valence-electron chi connectivity index (χ0n) is 8.98. The summed E-state index contributed by atoms with van der Waals surface area (Å²) in [6.45, 7) is 5.50. The molecule has 80 valence electrons. The number of aromatic nitrogens is 2. The summed E-state index contributed by atoms with van der Waals surface area (Å²) in [7, 11) is 0. The Morgan fingerprint density at radius 1 is 1.40 bits per heavy atom. The van der Waals surface area contributed by atoms with Crippen molar-refractivity contribution in [1.82, 2.24) is 20.2 Å². The normalized spacial score (nSPS) is 30.7. The monoisotopic (exact) mass is 204 g/mol. The first kappa shape index (κ1) is 9.24. The third-order valence-corrected chi connectivity index (χ3v) is 3.37. The van der Waals surface area contributed by atoms with Crippen molar-refractivity contribution in [3.63, 3.8) is 0 Å². The third kappa shape index (κ3) is 1.54. The van der Waals surface area contributed by atoms with Crippen molar-refractivity contribution >= 4 is 0 Å². The Kier molecular flexibility index (Phi) is 2.18. The summed E-state index contributed by atoms with van der Waals surface area (Å²) in [4.78, 5) is 11.4. The van der Waals surface area contributed by atoms with Crippen LogP contribution in [-0.4, -0.2) is 40.5 Å². The number of rotatable bonds is 0. The summed E-state index contributed by atoms with van der Waals surface area (Å²) in [5.41, 5.74) is 2.37. The minimum atomic E-state index is 0.443. The minimum absolute atomic E-state index is 0.443. The highest BCUT2D eigenvalue weighted by Gasteiger charge is 2.32. The van der Waals surface area contributed by atoms with E-state index in [0.29, 0.717) is 12.1 Å². The molecule has 3 heterocycles. The van der Waals surface area contributed by atoms with E-state index < -0.39 is 0 Å². The van der Waals surface area contributed by atoms with Gasteiger partial charge in [0, 0.05) is 44.5 Å². The molecule has 0 saturated carbocycles. The van der Waals surface area contributed by atoms with Crippen LogP contribution in [0.4, 0.5) is 0 Å². The van der Waals surface area contributed by atoms with Crippen molar-refractivity contribution in [3.8, 4) is 0 Å². The van der Waals surface area contributed by atoms with Gasteiger partial charge in [-0.2, -0.15) is 0 Å². The van der Waals surface area contributed by atoms with E-state index in [1.807, 2.05) is 0 Å². The third-order valence-electron chi connectivity index (χ3n) is 3.37. The van der Waals surface area contributed by atoms with E-state index in [1.165, 1.54) is 11.4 Å². The van der Waals surface area contributed by atoms with Crippen LogP contribution in [0.5, 0.6) is 0 Å². The van der Waals surface area contributed by atoms with Crippen LogP contribution < -0.4 is 5.32 Å². The van der Waals surface area contributed by atoms with Gasteiger partial charge >= 0.3 is 0 Å². The van der Waals surface area contributed by atoms with Gasteiger partial charge in [0.15, 0.2) is 0 Å². The molecular formula is C11H16N4. The summed E-state index contributed by atoms with van der Waals surface area (Å²) < 4.78 is 0. The number of nitrogens with one attached hydrogen (secondary N) is 1. The lowest BCUT2D eigenvalue weighted by molar-refractivity contribution is 0.121. The van der Waals surface area contributed by atoms with Crippen LogP contribution in [-0.2, 0) is 6.42 Å². The number of nitrogens with zero attached hydrogens (tertiary/aromatic N) is 3. The van der Waals surface area contributed by atoms with E-state index in [9.17, 15) is 0 Å². The fourth-order valence-electron chi connectivity index (χ4n) is 2.60. The molecule has 0 amide bonds. The molecule has 4 nitrogen and oxygen atoms in total. The van der Waals surface area contributed by atoms with E-state index in [0.717, 1.165) is 26.1 Å². The molecule has 2 aliphatic rings. The highest BCUT2D eigenvalue weighted by molar-refractivity contribution is 5.20. The highest BCUT2D eigenvalue weighted by Crippen LogP contribution is 2.28. The van der Waals surface area contributed by atoms with Crippen LogP contribution in [0.15, 0.2) is 12.4 Å². The maximum Gasteiger partial charge on any atom is 0.0803 e. The van der Waals surface area contributed by atoms with Crippen LogP contribution >= 0.6 is 0 Å². The largest absolute Gasteiger partial charge is 0.311 e. The molecule has 1 aromatic heterocycles. The Hall–Kier alpha value is -1.00. The van der Waals surface area contributed by atoms with Crippen molar-refractivity contribution in [2.75, 3.05) is 19.6 Å². The maximum absolute atomic E-state index is 4.48. The Bertz CT molecular complexity index is 365. The molecule has 2 atom stereocenters. The lowest BCUT2D eigenvalue weighted by atomic mass is 9.98. The Morgan fingerprint density at radius 3 is 3.20 bits per heavy atom. The molecular weight excluding hydrogens is 188 g/mol. The maximum atomic E-state index is 4.48. The standard InChI is InChI=1S/C11H16N4/c1-8-7-15-5-2-9-11(10(15)6-14-8)13-4-3-12-9/h3-4,8,10,14H,2,5-7H2,1H3. The smallest absolute Gasteiger partial charge is 0.0803 e. The fraction of sp³-hybridized carbons (Fsp3) is 0.636. The van der Waals surface area contributed by atoms with Crippen molar-refractivity contribution in [1.29, 1.82) is 0 Å². The molecule has 2 unspecified atom stereocenters. The summed E-state index contributed by atoms with van der Waals surface area (Å²) in [5, 5.41) is 3.51. The van der Waals surface area contributed by atoms with Crippen LogP contribution in [0, 0.1) is 0 Å². The molecule has 0 spiro atoms. The first-order chi connectivity index (χ1) is 7.34. The second kappa shape index (κ2) is 3.54. The van der Waals surface area contributed by atoms with Crippen LogP contribution in [0.3, 0.4) is 0 Å². The van der Waals surface area contributed by atoms with Gasteiger partial charge < -0.3 is 5.32 Å². The van der Waals surface area contributed by atoms with Gasteiger partial charge in [-0.05, 0) is 6.92 Å². The molecule has 3 rings (SSSR count). The van der Waals surface area contributed by atoms with Crippen molar-refractivity contribution < 1.29 is 0 Å².